The maximum Gasteiger partial charge on any atom is 0.347 e. The van der Waals surface area contributed by atoms with Crippen LogP contribution >= 0.6 is 0 Å². The van der Waals surface area contributed by atoms with Gasteiger partial charge in [0.2, 0.25) is 0 Å². The second kappa shape index (κ2) is 6.89. The van der Waals surface area contributed by atoms with Gasteiger partial charge >= 0.3 is 11.9 Å². The number of carbonyl (C=O) groups is 2. The van der Waals surface area contributed by atoms with Crippen molar-refractivity contribution >= 4 is 11.9 Å². The molecule has 0 bridgehead atoms. The van der Waals surface area contributed by atoms with Gasteiger partial charge in [0, 0.05) is 12.5 Å². The molecule has 1 atom stereocenters. The van der Waals surface area contributed by atoms with Crippen LogP contribution in [0.3, 0.4) is 0 Å². The Balaban J connectivity index is 4.77. The number of carbonyl (C=O) groups excluding carboxylic acids is 2. The summed E-state index contributed by atoms with van der Waals surface area (Å²) in [7, 11) is 1.59. The Morgan fingerprint density at radius 3 is 2.11 bits per heavy atom. The van der Waals surface area contributed by atoms with Crippen LogP contribution in [-0.2, 0) is 23.8 Å². The van der Waals surface area contributed by atoms with Crippen molar-refractivity contribution in [3.63, 3.8) is 0 Å². The number of hydrogen-bond acceptors (Lipinski definition) is 5. The van der Waals surface area contributed by atoms with E-state index in [9.17, 15) is 9.59 Å². The first-order valence-corrected chi connectivity index (χ1v) is 6.46. The number of rotatable bonds is 7. The zero-order valence-electron chi connectivity index (χ0n) is 13.0. The maximum atomic E-state index is 12.2. The molecule has 112 valence electrons. The molecule has 0 aliphatic carbocycles. The summed E-state index contributed by atoms with van der Waals surface area (Å²) >= 11 is 0. The number of ether oxygens (including phenoxy) is 3. The van der Waals surface area contributed by atoms with E-state index in [4.69, 9.17) is 14.2 Å². The second-order valence-electron chi connectivity index (χ2n) is 5.74. The first-order chi connectivity index (χ1) is 8.60. The highest BCUT2D eigenvalue weighted by atomic mass is 16.6. The van der Waals surface area contributed by atoms with Crippen molar-refractivity contribution in [2.45, 2.75) is 47.6 Å². The minimum absolute atomic E-state index is 0.263. The van der Waals surface area contributed by atoms with Gasteiger partial charge in [-0.3, -0.25) is 4.79 Å². The average Bonchev–Trinajstić information content (AvgIpc) is 2.28. The summed E-state index contributed by atoms with van der Waals surface area (Å²) < 4.78 is 15.1. The third-order valence-electron chi connectivity index (χ3n) is 3.61. The molecule has 0 aliphatic rings. The minimum Gasteiger partial charge on any atom is -0.463 e. The van der Waals surface area contributed by atoms with Crippen LogP contribution in [0.15, 0.2) is 0 Å². The molecular formula is C14H26O5. The molecule has 0 unspecified atom stereocenters. The average molecular weight is 274 g/mol. The molecule has 0 heterocycles. The van der Waals surface area contributed by atoms with Crippen molar-refractivity contribution in [3.8, 4) is 0 Å². The van der Waals surface area contributed by atoms with Gasteiger partial charge in [0.05, 0.1) is 18.6 Å². The third-order valence-corrected chi connectivity index (χ3v) is 3.61. The standard InChI is InChI=1S/C14H26O5/c1-8-18-11(15)10(2)19-12(16)14(5,6)13(3,4)9-17-7/h10H,8-9H2,1-7H3/t10-/m0/s1. The van der Waals surface area contributed by atoms with Crippen molar-refractivity contribution in [2.24, 2.45) is 10.8 Å². The molecule has 0 saturated carbocycles. The van der Waals surface area contributed by atoms with Gasteiger partial charge in [0.15, 0.2) is 6.10 Å². The Bertz CT molecular complexity index is 320. The van der Waals surface area contributed by atoms with Crippen molar-refractivity contribution in [1.82, 2.24) is 0 Å². The Morgan fingerprint density at radius 1 is 1.16 bits per heavy atom. The molecule has 0 fully saturated rings. The predicted molar refractivity (Wildman–Crippen MR) is 71.6 cm³/mol. The SMILES string of the molecule is CCOC(=O)[C@H](C)OC(=O)C(C)(C)C(C)(C)COC. The van der Waals surface area contributed by atoms with Crippen molar-refractivity contribution in [1.29, 1.82) is 0 Å². The van der Waals surface area contributed by atoms with E-state index >= 15 is 0 Å². The van der Waals surface area contributed by atoms with E-state index < -0.39 is 28.9 Å². The fourth-order valence-electron chi connectivity index (χ4n) is 1.43. The smallest absolute Gasteiger partial charge is 0.347 e. The van der Waals surface area contributed by atoms with Gasteiger partial charge in [0.25, 0.3) is 0 Å². The van der Waals surface area contributed by atoms with Crippen LogP contribution in [0.25, 0.3) is 0 Å². The fourth-order valence-corrected chi connectivity index (χ4v) is 1.43. The molecule has 0 aromatic rings. The zero-order chi connectivity index (χ0) is 15.3. The van der Waals surface area contributed by atoms with Crippen LogP contribution in [-0.4, -0.2) is 38.4 Å². The first kappa shape index (κ1) is 17.9. The molecule has 0 aliphatic heterocycles. The quantitative estimate of drug-likeness (QED) is 0.666. The molecule has 0 radical (unpaired) electrons. The fraction of sp³-hybridized carbons (Fsp3) is 0.857. The Hall–Kier alpha value is -1.10. The lowest BCUT2D eigenvalue weighted by atomic mass is 9.68. The maximum absolute atomic E-state index is 12.2. The Morgan fingerprint density at radius 2 is 1.68 bits per heavy atom. The van der Waals surface area contributed by atoms with E-state index in [2.05, 4.69) is 0 Å². The van der Waals surface area contributed by atoms with Gasteiger partial charge in [-0.05, 0) is 27.7 Å². The van der Waals surface area contributed by atoms with Crippen molar-refractivity contribution in [3.05, 3.63) is 0 Å². The van der Waals surface area contributed by atoms with Gasteiger partial charge in [-0.25, -0.2) is 4.79 Å². The summed E-state index contributed by atoms with van der Waals surface area (Å²) in [5.41, 5.74) is -1.18. The van der Waals surface area contributed by atoms with E-state index in [1.165, 1.54) is 6.92 Å². The summed E-state index contributed by atoms with van der Waals surface area (Å²) in [6, 6.07) is 0. The molecule has 0 saturated heterocycles. The summed E-state index contributed by atoms with van der Waals surface area (Å²) in [6.45, 7) is 11.3. The molecule has 0 amide bonds. The lowest BCUT2D eigenvalue weighted by Gasteiger charge is -2.39. The van der Waals surface area contributed by atoms with Crippen LogP contribution in [0.5, 0.6) is 0 Å². The van der Waals surface area contributed by atoms with E-state index in [-0.39, 0.29) is 6.61 Å². The van der Waals surface area contributed by atoms with Crippen molar-refractivity contribution < 1.29 is 23.8 Å². The van der Waals surface area contributed by atoms with Gasteiger partial charge in [-0.2, -0.15) is 0 Å². The molecule has 5 heteroatoms. The van der Waals surface area contributed by atoms with Crippen molar-refractivity contribution in [2.75, 3.05) is 20.3 Å². The Labute approximate surface area is 115 Å². The van der Waals surface area contributed by atoms with E-state index in [0.717, 1.165) is 0 Å². The molecular weight excluding hydrogens is 248 g/mol. The summed E-state index contributed by atoms with van der Waals surface area (Å²) in [6.07, 6.45) is -0.898. The lowest BCUT2D eigenvalue weighted by Crippen LogP contribution is -2.45. The van der Waals surface area contributed by atoms with E-state index in [1.54, 1.807) is 27.9 Å². The molecule has 19 heavy (non-hydrogen) atoms. The second-order valence-corrected chi connectivity index (χ2v) is 5.74. The molecule has 0 rings (SSSR count). The molecule has 0 aromatic heterocycles. The van der Waals surface area contributed by atoms with Gasteiger partial charge in [0.1, 0.15) is 0 Å². The topological polar surface area (TPSA) is 61.8 Å². The monoisotopic (exact) mass is 274 g/mol. The highest BCUT2D eigenvalue weighted by molar-refractivity contribution is 5.82. The number of methoxy groups -OCH3 is 1. The molecule has 0 N–H and O–H groups in total. The van der Waals surface area contributed by atoms with Crippen LogP contribution in [0.1, 0.15) is 41.5 Å². The largest absolute Gasteiger partial charge is 0.463 e. The highest BCUT2D eigenvalue weighted by Gasteiger charge is 2.45. The first-order valence-electron chi connectivity index (χ1n) is 6.46. The van der Waals surface area contributed by atoms with Gasteiger partial charge in [-0.1, -0.05) is 13.8 Å². The van der Waals surface area contributed by atoms with Crippen LogP contribution < -0.4 is 0 Å². The number of hydrogen-bond donors (Lipinski definition) is 0. The molecule has 0 spiro atoms. The molecule has 5 nitrogen and oxygen atoms in total. The third kappa shape index (κ3) is 4.49. The van der Waals surface area contributed by atoms with Crippen LogP contribution in [0.4, 0.5) is 0 Å². The van der Waals surface area contributed by atoms with Gasteiger partial charge < -0.3 is 14.2 Å². The van der Waals surface area contributed by atoms with E-state index in [0.29, 0.717) is 6.61 Å². The summed E-state index contributed by atoms with van der Waals surface area (Å²) in [4.78, 5) is 23.7. The minimum atomic E-state index is -0.898. The highest BCUT2D eigenvalue weighted by Crippen LogP contribution is 2.39. The molecule has 0 aromatic carbocycles. The number of esters is 2. The summed E-state index contributed by atoms with van der Waals surface area (Å²) in [5, 5.41) is 0. The van der Waals surface area contributed by atoms with Gasteiger partial charge in [-0.15, -0.1) is 0 Å². The van der Waals surface area contributed by atoms with Crippen LogP contribution in [0, 0.1) is 10.8 Å². The van der Waals surface area contributed by atoms with E-state index in [1.807, 2.05) is 13.8 Å². The van der Waals surface area contributed by atoms with Crippen LogP contribution in [0.2, 0.25) is 0 Å². The zero-order valence-corrected chi connectivity index (χ0v) is 13.0. The summed E-state index contributed by atoms with van der Waals surface area (Å²) in [5.74, 6) is -0.966. The predicted octanol–water partition coefficient (Wildman–Crippen LogP) is 2.18. The normalized spacial score (nSPS) is 13.8. The lowest BCUT2D eigenvalue weighted by molar-refractivity contribution is -0.178. The Kier molecular flexibility index (Phi) is 6.49.